The van der Waals surface area contributed by atoms with Gasteiger partial charge in [-0.1, -0.05) is 24.3 Å². The van der Waals surface area contributed by atoms with Gasteiger partial charge in [-0.15, -0.1) is 11.3 Å². The fourth-order valence-electron chi connectivity index (χ4n) is 2.41. The molecule has 0 aliphatic rings. The summed E-state index contributed by atoms with van der Waals surface area (Å²) in [6.07, 6.45) is 0.575. The summed E-state index contributed by atoms with van der Waals surface area (Å²) in [6, 6.07) is 13.6. The molecule has 128 valence electrons. The molecule has 0 bridgehead atoms. The highest BCUT2D eigenvalue weighted by molar-refractivity contribution is 7.13. The molecular formula is C19H17FN2O2S. The maximum atomic E-state index is 13.6. The molecule has 3 rings (SSSR count). The predicted octanol–water partition coefficient (Wildman–Crippen LogP) is 3.93. The van der Waals surface area contributed by atoms with Gasteiger partial charge < -0.3 is 10.1 Å². The van der Waals surface area contributed by atoms with Crippen LogP contribution in [-0.2, 0) is 6.42 Å². The summed E-state index contributed by atoms with van der Waals surface area (Å²) >= 11 is 1.53. The quantitative estimate of drug-likeness (QED) is 0.728. The Morgan fingerprint density at radius 1 is 1.20 bits per heavy atom. The van der Waals surface area contributed by atoms with E-state index in [9.17, 15) is 9.18 Å². The van der Waals surface area contributed by atoms with Crippen LogP contribution in [0.4, 0.5) is 4.39 Å². The summed E-state index contributed by atoms with van der Waals surface area (Å²) in [5.74, 6) is -0.165. The highest BCUT2D eigenvalue weighted by atomic mass is 32.1. The average molecular weight is 356 g/mol. The molecule has 1 heterocycles. The zero-order chi connectivity index (χ0) is 17.6. The standard InChI is InChI=1S/C19H17FN2O2S/c1-24-17-9-5-3-7-15(17)19-22-13(12-25-19)10-11-21-18(23)14-6-2-4-8-16(14)20/h2-9,12H,10-11H2,1H3,(H,21,23). The number of halogens is 1. The molecule has 0 radical (unpaired) electrons. The number of nitrogens with zero attached hydrogens (tertiary/aromatic N) is 1. The molecule has 0 fully saturated rings. The molecule has 0 aliphatic carbocycles. The molecule has 0 saturated heterocycles. The first-order valence-electron chi connectivity index (χ1n) is 7.79. The second kappa shape index (κ2) is 7.90. The van der Waals surface area contributed by atoms with Crippen molar-refractivity contribution in [1.82, 2.24) is 10.3 Å². The van der Waals surface area contributed by atoms with Gasteiger partial charge in [0.1, 0.15) is 16.6 Å². The van der Waals surface area contributed by atoms with Gasteiger partial charge in [0.2, 0.25) is 0 Å². The Morgan fingerprint density at radius 2 is 1.96 bits per heavy atom. The highest BCUT2D eigenvalue weighted by Crippen LogP contribution is 2.31. The third-order valence-corrected chi connectivity index (χ3v) is 4.60. The summed E-state index contributed by atoms with van der Waals surface area (Å²) in [5.41, 5.74) is 1.87. The molecule has 1 amide bonds. The zero-order valence-electron chi connectivity index (χ0n) is 13.7. The Bertz CT molecular complexity index is 879. The minimum atomic E-state index is -0.521. The number of ether oxygens (including phenoxy) is 1. The lowest BCUT2D eigenvalue weighted by Gasteiger charge is -2.05. The van der Waals surface area contributed by atoms with E-state index < -0.39 is 11.7 Å². The van der Waals surface area contributed by atoms with Crippen molar-refractivity contribution in [2.45, 2.75) is 6.42 Å². The topological polar surface area (TPSA) is 51.2 Å². The summed E-state index contributed by atoms with van der Waals surface area (Å²) in [5, 5.41) is 5.54. The van der Waals surface area contributed by atoms with Crippen LogP contribution in [0.5, 0.6) is 5.75 Å². The lowest BCUT2D eigenvalue weighted by Crippen LogP contribution is -2.26. The normalized spacial score (nSPS) is 10.5. The lowest BCUT2D eigenvalue weighted by molar-refractivity contribution is 0.0950. The van der Waals surface area contributed by atoms with Crippen LogP contribution in [0.25, 0.3) is 10.6 Å². The molecule has 0 saturated carbocycles. The molecule has 1 N–H and O–H groups in total. The molecule has 4 nitrogen and oxygen atoms in total. The molecule has 3 aromatic rings. The van der Waals surface area contributed by atoms with Crippen molar-refractivity contribution in [3.8, 4) is 16.3 Å². The van der Waals surface area contributed by atoms with Crippen molar-refractivity contribution in [3.05, 3.63) is 71.0 Å². The molecule has 6 heteroatoms. The third kappa shape index (κ3) is 4.03. The first-order chi connectivity index (χ1) is 12.2. The number of para-hydroxylation sites is 1. The number of carbonyl (C=O) groups is 1. The highest BCUT2D eigenvalue weighted by Gasteiger charge is 2.12. The van der Waals surface area contributed by atoms with Crippen molar-refractivity contribution in [2.24, 2.45) is 0 Å². The van der Waals surface area contributed by atoms with Gasteiger partial charge in [0.05, 0.1) is 23.9 Å². The molecule has 1 aromatic heterocycles. The molecule has 2 aromatic carbocycles. The van der Waals surface area contributed by atoms with Gasteiger partial charge in [0, 0.05) is 18.3 Å². The van der Waals surface area contributed by atoms with Crippen molar-refractivity contribution in [2.75, 3.05) is 13.7 Å². The van der Waals surface area contributed by atoms with Crippen molar-refractivity contribution in [3.63, 3.8) is 0 Å². The first-order valence-corrected chi connectivity index (χ1v) is 8.67. The number of hydrogen-bond donors (Lipinski definition) is 1. The summed E-state index contributed by atoms with van der Waals surface area (Å²) in [7, 11) is 1.63. The summed E-state index contributed by atoms with van der Waals surface area (Å²) < 4.78 is 18.9. The van der Waals surface area contributed by atoms with Gasteiger partial charge >= 0.3 is 0 Å². The van der Waals surface area contributed by atoms with Gasteiger partial charge in [-0.3, -0.25) is 4.79 Å². The number of carbonyl (C=O) groups excluding carboxylic acids is 1. The second-order valence-electron chi connectivity index (χ2n) is 5.33. The van der Waals surface area contributed by atoms with E-state index in [4.69, 9.17) is 4.74 Å². The molecule has 0 aliphatic heterocycles. The van der Waals surface area contributed by atoms with Gasteiger partial charge in [0.25, 0.3) is 5.91 Å². The SMILES string of the molecule is COc1ccccc1-c1nc(CCNC(=O)c2ccccc2F)cs1. The predicted molar refractivity (Wildman–Crippen MR) is 96.5 cm³/mol. The number of hydrogen-bond acceptors (Lipinski definition) is 4. The van der Waals surface area contributed by atoms with Crippen LogP contribution in [0.3, 0.4) is 0 Å². The summed E-state index contributed by atoms with van der Waals surface area (Å²) in [4.78, 5) is 16.6. The Kier molecular flexibility index (Phi) is 5.40. The van der Waals surface area contributed by atoms with Gasteiger partial charge in [-0.05, 0) is 24.3 Å². The maximum Gasteiger partial charge on any atom is 0.254 e. The monoisotopic (exact) mass is 356 g/mol. The number of nitrogens with one attached hydrogen (secondary N) is 1. The Morgan fingerprint density at radius 3 is 2.76 bits per heavy atom. The van der Waals surface area contributed by atoms with Crippen LogP contribution in [0.2, 0.25) is 0 Å². The fraction of sp³-hybridized carbons (Fsp3) is 0.158. The Hall–Kier alpha value is -2.73. The average Bonchev–Trinajstić information content (AvgIpc) is 3.10. The van der Waals surface area contributed by atoms with Crippen LogP contribution in [-0.4, -0.2) is 24.5 Å². The van der Waals surface area contributed by atoms with Gasteiger partial charge in [0.15, 0.2) is 0 Å². The van der Waals surface area contributed by atoms with Crippen molar-refractivity contribution in [1.29, 1.82) is 0 Å². The van der Waals surface area contributed by atoms with E-state index in [1.54, 1.807) is 19.2 Å². The molecular weight excluding hydrogens is 339 g/mol. The largest absolute Gasteiger partial charge is 0.496 e. The van der Waals surface area contributed by atoms with Crippen molar-refractivity contribution >= 4 is 17.2 Å². The minimum Gasteiger partial charge on any atom is -0.496 e. The van der Waals surface area contributed by atoms with Crippen LogP contribution in [0, 0.1) is 5.82 Å². The molecule has 0 spiro atoms. The number of thiazole rings is 1. The van der Waals surface area contributed by atoms with Crippen LogP contribution >= 0.6 is 11.3 Å². The van der Waals surface area contributed by atoms with Crippen molar-refractivity contribution < 1.29 is 13.9 Å². The number of aromatic nitrogens is 1. The van der Waals surface area contributed by atoms with Gasteiger partial charge in [-0.2, -0.15) is 0 Å². The van der Waals surface area contributed by atoms with E-state index in [0.29, 0.717) is 13.0 Å². The summed E-state index contributed by atoms with van der Waals surface area (Å²) in [6.45, 7) is 0.391. The van der Waals surface area contributed by atoms with Crippen LogP contribution in [0.15, 0.2) is 53.9 Å². The van der Waals surface area contributed by atoms with E-state index in [-0.39, 0.29) is 5.56 Å². The zero-order valence-corrected chi connectivity index (χ0v) is 14.5. The Labute approximate surface area is 149 Å². The maximum absolute atomic E-state index is 13.6. The Balaban J connectivity index is 1.61. The number of benzene rings is 2. The van der Waals surface area contributed by atoms with Gasteiger partial charge in [-0.25, -0.2) is 9.37 Å². The van der Waals surface area contributed by atoms with E-state index >= 15 is 0 Å². The van der Waals surface area contributed by atoms with Crippen LogP contribution < -0.4 is 10.1 Å². The molecule has 0 unspecified atom stereocenters. The number of amides is 1. The van der Waals surface area contributed by atoms with E-state index in [2.05, 4.69) is 10.3 Å². The number of methoxy groups -OCH3 is 1. The van der Waals surface area contributed by atoms with Crippen LogP contribution in [0.1, 0.15) is 16.1 Å². The fourth-order valence-corrected chi connectivity index (χ4v) is 3.30. The number of rotatable bonds is 6. The van der Waals surface area contributed by atoms with E-state index in [0.717, 1.165) is 22.0 Å². The smallest absolute Gasteiger partial charge is 0.254 e. The third-order valence-electron chi connectivity index (χ3n) is 3.67. The minimum absolute atomic E-state index is 0.0514. The molecule has 25 heavy (non-hydrogen) atoms. The molecule has 0 atom stereocenters. The van der Waals surface area contributed by atoms with E-state index in [1.807, 2.05) is 29.6 Å². The second-order valence-corrected chi connectivity index (χ2v) is 6.19. The lowest BCUT2D eigenvalue weighted by atomic mass is 10.2. The first kappa shape index (κ1) is 17.1. The van der Waals surface area contributed by atoms with E-state index in [1.165, 1.54) is 23.5 Å².